The van der Waals surface area contributed by atoms with Gasteiger partial charge in [0.15, 0.2) is 0 Å². The van der Waals surface area contributed by atoms with Gasteiger partial charge in [0.25, 0.3) is 0 Å². The molecule has 0 radical (unpaired) electrons. The number of aliphatic hydroxyl groups is 3. The van der Waals surface area contributed by atoms with E-state index in [4.69, 9.17) is 0 Å². The van der Waals surface area contributed by atoms with Gasteiger partial charge in [0, 0.05) is 11.8 Å². The summed E-state index contributed by atoms with van der Waals surface area (Å²) in [5.41, 5.74) is 0.951. The van der Waals surface area contributed by atoms with Gasteiger partial charge in [0.1, 0.15) is 11.9 Å². The summed E-state index contributed by atoms with van der Waals surface area (Å²) in [4.78, 5) is 12.9. The molecule has 5 saturated carbocycles. The summed E-state index contributed by atoms with van der Waals surface area (Å²) >= 11 is 0. The number of Topliss-reactive ketones (excluding diaryl/α,β-unsaturated/α-hetero) is 1. The quantitative estimate of drug-likeness (QED) is 0.475. The molecule has 0 saturated heterocycles. The van der Waals surface area contributed by atoms with Gasteiger partial charge in [-0.3, -0.25) is 4.79 Å². The molecule has 2 spiro atoms. The number of carbonyl (C=O) groups excluding carboxylic acids is 1. The molecule has 0 aromatic carbocycles. The molecule has 0 aromatic heterocycles. The van der Waals surface area contributed by atoms with E-state index in [1.54, 1.807) is 6.92 Å². The second-order valence-electron chi connectivity index (χ2n) is 14.5. The van der Waals surface area contributed by atoms with Crippen molar-refractivity contribution in [3.05, 3.63) is 12.2 Å². The van der Waals surface area contributed by atoms with Gasteiger partial charge in [-0.1, -0.05) is 41.2 Å². The lowest BCUT2D eigenvalue weighted by atomic mass is 9.41. The number of fused-ring (bicyclic) bond motifs is 2. The van der Waals surface area contributed by atoms with Crippen molar-refractivity contribution in [3.8, 4) is 0 Å². The van der Waals surface area contributed by atoms with Crippen molar-refractivity contribution in [1.29, 1.82) is 0 Å². The minimum absolute atomic E-state index is 0.0710. The van der Waals surface area contributed by atoms with E-state index >= 15 is 0 Å². The van der Waals surface area contributed by atoms with E-state index in [0.29, 0.717) is 47.9 Å². The molecule has 4 nitrogen and oxygen atoms in total. The standard InChI is InChI=1S/C30H48O4/c1-17(2)24(34)20(31)14-18(3)19-8-10-28(7)25-21(32)15-22-26(4,5)23(33)9-11-29(22)16-30(25,29)13-12-27(19,28)6/h18-22,24-25,31-32,34H,1,8-16H2,2-7H3. The normalized spacial score (nSPS) is 51.4. The smallest absolute Gasteiger partial charge is 0.138 e. The van der Waals surface area contributed by atoms with Crippen molar-refractivity contribution < 1.29 is 20.1 Å². The zero-order valence-corrected chi connectivity index (χ0v) is 22.4. The number of aliphatic hydroxyl groups excluding tert-OH is 3. The van der Waals surface area contributed by atoms with E-state index in [9.17, 15) is 20.1 Å². The van der Waals surface area contributed by atoms with Crippen LogP contribution < -0.4 is 0 Å². The van der Waals surface area contributed by atoms with Crippen LogP contribution in [-0.2, 0) is 4.79 Å². The second kappa shape index (κ2) is 7.42. The monoisotopic (exact) mass is 472 g/mol. The molecule has 11 unspecified atom stereocenters. The van der Waals surface area contributed by atoms with Crippen LogP contribution >= 0.6 is 0 Å². The number of hydrogen-bond donors (Lipinski definition) is 3. The van der Waals surface area contributed by atoms with Crippen LogP contribution in [0.2, 0.25) is 0 Å². The fraction of sp³-hybridized carbons (Fsp3) is 0.900. The van der Waals surface area contributed by atoms with Crippen molar-refractivity contribution in [3.63, 3.8) is 0 Å². The highest BCUT2D eigenvalue weighted by Crippen LogP contribution is 2.88. The minimum Gasteiger partial charge on any atom is -0.393 e. The second-order valence-corrected chi connectivity index (χ2v) is 14.5. The summed E-state index contributed by atoms with van der Waals surface area (Å²) in [6.45, 7) is 17.1. The summed E-state index contributed by atoms with van der Waals surface area (Å²) < 4.78 is 0. The first-order chi connectivity index (χ1) is 15.7. The molecule has 5 aliphatic carbocycles. The molecule has 0 heterocycles. The highest BCUT2D eigenvalue weighted by atomic mass is 16.3. The first-order valence-corrected chi connectivity index (χ1v) is 13.9. The minimum atomic E-state index is -0.863. The first-order valence-electron chi connectivity index (χ1n) is 13.9. The van der Waals surface area contributed by atoms with Gasteiger partial charge < -0.3 is 15.3 Å². The molecule has 5 rings (SSSR count). The molecule has 11 atom stereocenters. The lowest BCUT2D eigenvalue weighted by Crippen LogP contribution is -2.61. The van der Waals surface area contributed by atoms with Crippen LogP contribution in [0.1, 0.15) is 99.3 Å². The highest BCUT2D eigenvalue weighted by molar-refractivity contribution is 5.86. The van der Waals surface area contributed by atoms with E-state index in [0.717, 1.165) is 25.7 Å². The lowest BCUT2D eigenvalue weighted by Gasteiger charge is -2.64. The zero-order chi connectivity index (χ0) is 25.1. The molecule has 3 N–H and O–H groups in total. The van der Waals surface area contributed by atoms with Crippen LogP contribution in [0.25, 0.3) is 0 Å². The van der Waals surface area contributed by atoms with Crippen molar-refractivity contribution >= 4 is 5.78 Å². The van der Waals surface area contributed by atoms with Crippen LogP contribution in [0.4, 0.5) is 0 Å². The van der Waals surface area contributed by atoms with Gasteiger partial charge >= 0.3 is 0 Å². The molecule has 192 valence electrons. The molecule has 34 heavy (non-hydrogen) atoms. The maximum atomic E-state index is 12.9. The summed E-state index contributed by atoms with van der Waals surface area (Å²) in [6.07, 6.45) is 6.95. The Labute approximate surface area is 206 Å². The van der Waals surface area contributed by atoms with Crippen LogP contribution in [-0.4, -0.2) is 39.4 Å². The molecule has 0 aliphatic heterocycles. The first kappa shape index (κ1) is 25.0. The Morgan fingerprint density at radius 3 is 2.38 bits per heavy atom. The van der Waals surface area contributed by atoms with E-state index in [2.05, 4.69) is 41.2 Å². The van der Waals surface area contributed by atoms with Crippen molar-refractivity contribution in [2.45, 2.75) is 118 Å². The van der Waals surface area contributed by atoms with E-state index in [1.165, 1.54) is 19.3 Å². The fourth-order valence-electron chi connectivity index (χ4n) is 11.1. The molecular formula is C30H48O4. The Kier molecular flexibility index (Phi) is 5.44. The van der Waals surface area contributed by atoms with Gasteiger partial charge in [-0.15, -0.1) is 0 Å². The molecule has 5 fully saturated rings. The van der Waals surface area contributed by atoms with Crippen LogP contribution in [0.15, 0.2) is 12.2 Å². The maximum absolute atomic E-state index is 12.9. The molecule has 4 heteroatoms. The van der Waals surface area contributed by atoms with E-state index in [1.807, 2.05) is 0 Å². The van der Waals surface area contributed by atoms with Gasteiger partial charge in [-0.2, -0.15) is 0 Å². The average Bonchev–Trinajstić information content (AvgIpc) is 3.31. The number of rotatable bonds is 5. The Hall–Kier alpha value is -0.710. The zero-order valence-electron chi connectivity index (χ0n) is 22.4. The van der Waals surface area contributed by atoms with Crippen LogP contribution in [0, 0.1) is 50.7 Å². The van der Waals surface area contributed by atoms with Crippen molar-refractivity contribution in [2.75, 3.05) is 0 Å². The van der Waals surface area contributed by atoms with Gasteiger partial charge in [0.2, 0.25) is 0 Å². The third-order valence-corrected chi connectivity index (χ3v) is 13.1. The summed E-state index contributed by atoms with van der Waals surface area (Å²) in [7, 11) is 0. The van der Waals surface area contributed by atoms with Crippen LogP contribution in [0.3, 0.4) is 0 Å². The maximum Gasteiger partial charge on any atom is 0.138 e. The number of hydrogen-bond acceptors (Lipinski definition) is 4. The Bertz CT molecular complexity index is 894. The molecule has 5 aliphatic rings. The van der Waals surface area contributed by atoms with Crippen LogP contribution in [0.5, 0.6) is 0 Å². The largest absolute Gasteiger partial charge is 0.393 e. The third-order valence-electron chi connectivity index (χ3n) is 13.1. The summed E-state index contributed by atoms with van der Waals surface area (Å²) in [6, 6.07) is 0. The topological polar surface area (TPSA) is 77.8 Å². The predicted molar refractivity (Wildman–Crippen MR) is 134 cm³/mol. The Morgan fingerprint density at radius 2 is 1.74 bits per heavy atom. The third kappa shape index (κ3) is 2.85. The average molecular weight is 473 g/mol. The summed E-state index contributed by atoms with van der Waals surface area (Å²) in [5, 5.41) is 32.8. The molecule has 0 bridgehead atoms. The highest BCUT2D eigenvalue weighted by Gasteiger charge is 2.83. The molecule has 0 amide bonds. The Balaban J connectivity index is 1.44. The fourth-order valence-corrected chi connectivity index (χ4v) is 11.1. The predicted octanol–water partition coefficient (Wildman–Crippen LogP) is 5.29. The lowest BCUT2D eigenvalue weighted by molar-refractivity contribution is -0.189. The van der Waals surface area contributed by atoms with E-state index < -0.39 is 12.2 Å². The Morgan fingerprint density at radius 1 is 1.06 bits per heavy atom. The number of carbonyl (C=O) groups is 1. The van der Waals surface area contributed by atoms with Crippen molar-refractivity contribution in [2.24, 2.45) is 50.7 Å². The van der Waals surface area contributed by atoms with Gasteiger partial charge in [0.05, 0.1) is 12.2 Å². The van der Waals surface area contributed by atoms with Gasteiger partial charge in [-0.05, 0) is 109 Å². The molecule has 0 aromatic rings. The van der Waals surface area contributed by atoms with Crippen molar-refractivity contribution in [1.82, 2.24) is 0 Å². The number of ketones is 1. The molecular weight excluding hydrogens is 424 g/mol. The van der Waals surface area contributed by atoms with E-state index in [-0.39, 0.29) is 33.2 Å². The summed E-state index contributed by atoms with van der Waals surface area (Å²) in [5.74, 6) is 1.80. The van der Waals surface area contributed by atoms with Gasteiger partial charge in [-0.25, -0.2) is 0 Å². The SMILES string of the molecule is C=C(C)C(O)C(O)CC(C)C1CCC2(C)C3C(O)CC4C(C)(C)C(=O)CCC45CC35CCC12C.